The van der Waals surface area contributed by atoms with E-state index in [0.29, 0.717) is 17.5 Å². The molecule has 7 heteroatoms. The van der Waals surface area contributed by atoms with E-state index < -0.39 is 0 Å². The third-order valence-electron chi connectivity index (χ3n) is 5.08. The summed E-state index contributed by atoms with van der Waals surface area (Å²) in [5.74, 6) is -0.537. The summed E-state index contributed by atoms with van der Waals surface area (Å²) < 4.78 is 13.6. The number of amides is 1. The minimum atomic E-state index is -0.342. The van der Waals surface area contributed by atoms with Gasteiger partial charge in [0.25, 0.3) is 5.91 Å². The quantitative estimate of drug-likeness (QED) is 0.406. The van der Waals surface area contributed by atoms with Crippen molar-refractivity contribution in [2.75, 3.05) is 32.7 Å². The van der Waals surface area contributed by atoms with Crippen molar-refractivity contribution < 1.29 is 9.18 Å². The molecule has 2 aromatic rings. The van der Waals surface area contributed by atoms with Gasteiger partial charge in [-0.1, -0.05) is 18.2 Å². The number of carbonyl (C=O) groups excluding carboxylic acids is 1. The van der Waals surface area contributed by atoms with Gasteiger partial charge in [0.15, 0.2) is 0 Å². The fourth-order valence-corrected chi connectivity index (χ4v) is 3.50. The van der Waals surface area contributed by atoms with Gasteiger partial charge >= 0.3 is 0 Å². The Morgan fingerprint density at radius 2 is 1.84 bits per heavy atom. The number of nitrogens with zero attached hydrogens (tertiary/aromatic N) is 4. The molecule has 1 fully saturated rings. The molecule has 1 N–H and O–H groups in total. The molecule has 160 valence electrons. The second-order valence-corrected chi connectivity index (χ2v) is 7.54. The average Bonchev–Trinajstić information content (AvgIpc) is 2.75. The van der Waals surface area contributed by atoms with E-state index in [1.165, 1.54) is 23.9 Å². The lowest BCUT2D eigenvalue weighted by molar-refractivity contribution is -0.122. The van der Waals surface area contributed by atoms with E-state index in [1.54, 1.807) is 6.08 Å². The number of hydrogen-bond donors (Lipinski definition) is 1. The lowest BCUT2D eigenvalue weighted by atomic mass is 10.1. The van der Waals surface area contributed by atoms with Gasteiger partial charge in [-0.05, 0) is 53.4 Å². The Bertz CT molecular complexity index is 972. The van der Waals surface area contributed by atoms with Gasteiger partial charge in [-0.2, -0.15) is 10.4 Å². The molecule has 1 aliphatic rings. The normalized spacial score (nSPS) is 15.0. The first-order valence-electron chi connectivity index (χ1n) is 10.2. The van der Waals surface area contributed by atoms with Gasteiger partial charge in [0.1, 0.15) is 5.82 Å². The molecule has 1 heterocycles. The molecule has 0 radical (unpaired) electrons. The van der Waals surface area contributed by atoms with Crippen LogP contribution in [0.5, 0.6) is 0 Å². The van der Waals surface area contributed by atoms with Crippen LogP contribution in [0, 0.1) is 17.1 Å². The highest BCUT2D eigenvalue weighted by Crippen LogP contribution is 2.10. The van der Waals surface area contributed by atoms with Crippen LogP contribution in [0.4, 0.5) is 4.39 Å². The molecular weight excluding hydrogens is 393 g/mol. The molecule has 1 saturated heterocycles. The van der Waals surface area contributed by atoms with Crippen LogP contribution in [0.1, 0.15) is 22.3 Å². The number of piperazine rings is 1. The predicted molar refractivity (Wildman–Crippen MR) is 119 cm³/mol. The van der Waals surface area contributed by atoms with Crippen molar-refractivity contribution in [2.45, 2.75) is 13.0 Å². The summed E-state index contributed by atoms with van der Waals surface area (Å²) in [4.78, 5) is 16.6. The first-order chi connectivity index (χ1) is 15.1. The molecule has 2 aromatic carbocycles. The number of allylic oxidation sites excluding steroid dienone is 1. The van der Waals surface area contributed by atoms with Crippen LogP contribution in [-0.4, -0.2) is 54.6 Å². The van der Waals surface area contributed by atoms with Crippen molar-refractivity contribution in [3.63, 3.8) is 0 Å². The monoisotopic (exact) mass is 419 g/mol. The highest BCUT2D eigenvalue weighted by Gasteiger charge is 2.18. The second kappa shape index (κ2) is 11.2. The third kappa shape index (κ3) is 7.14. The highest BCUT2D eigenvalue weighted by molar-refractivity contribution is 5.83. The van der Waals surface area contributed by atoms with Crippen molar-refractivity contribution in [3.05, 3.63) is 83.2 Å². The second-order valence-electron chi connectivity index (χ2n) is 7.54. The van der Waals surface area contributed by atoms with Crippen molar-refractivity contribution in [3.8, 4) is 6.07 Å². The van der Waals surface area contributed by atoms with Crippen LogP contribution in [-0.2, 0) is 17.8 Å². The summed E-state index contributed by atoms with van der Waals surface area (Å²) in [6.07, 6.45) is 3.73. The zero-order valence-electron chi connectivity index (χ0n) is 17.4. The van der Waals surface area contributed by atoms with Crippen molar-refractivity contribution >= 4 is 12.1 Å². The molecule has 1 aliphatic heterocycles. The molecule has 0 bridgehead atoms. The third-order valence-corrected chi connectivity index (χ3v) is 5.08. The summed E-state index contributed by atoms with van der Waals surface area (Å²) in [6.45, 7) is 8.08. The Morgan fingerprint density at radius 1 is 1.13 bits per heavy atom. The van der Waals surface area contributed by atoms with Crippen LogP contribution in [0.3, 0.4) is 0 Å². The van der Waals surface area contributed by atoms with Gasteiger partial charge < -0.3 is 0 Å². The molecule has 0 saturated carbocycles. The average molecular weight is 420 g/mol. The van der Waals surface area contributed by atoms with E-state index in [0.717, 1.165) is 38.3 Å². The van der Waals surface area contributed by atoms with Gasteiger partial charge in [-0.15, -0.1) is 6.58 Å². The zero-order valence-corrected chi connectivity index (χ0v) is 17.4. The lowest BCUT2D eigenvalue weighted by Gasteiger charge is -2.34. The number of hydrogen-bond acceptors (Lipinski definition) is 5. The summed E-state index contributed by atoms with van der Waals surface area (Å²) in [5, 5.41) is 12.8. The number of benzene rings is 2. The molecule has 0 unspecified atom stereocenters. The maximum absolute atomic E-state index is 13.6. The van der Waals surface area contributed by atoms with Crippen LogP contribution >= 0.6 is 0 Å². The molecule has 1 amide bonds. The fraction of sp³-hybridized carbons (Fsp3) is 0.292. The zero-order chi connectivity index (χ0) is 22.1. The Morgan fingerprint density at radius 3 is 2.52 bits per heavy atom. The molecular formula is C24H26FN5O. The lowest BCUT2D eigenvalue weighted by Crippen LogP contribution is -2.48. The Balaban J connectivity index is 1.41. The summed E-state index contributed by atoms with van der Waals surface area (Å²) in [6, 6.07) is 14.4. The summed E-state index contributed by atoms with van der Waals surface area (Å²) in [7, 11) is 0. The largest absolute Gasteiger partial charge is 0.297 e. The van der Waals surface area contributed by atoms with Crippen LogP contribution in [0.2, 0.25) is 0 Å². The van der Waals surface area contributed by atoms with Crippen molar-refractivity contribution in [2.24, 2.45) is 5.10 Å². The molecule has 6 nitrogen and oxygen atoms in total. The van der Waals surface area contributed by atoms with Crippen LogP contribution in [0.25, 0.3) is 0 Å². The number of nitriles is 1. The van der Waals surface area contributed by atoms with E-state index in [9.17, 15) is 9.18 Å². The van der Waals surface area contributed by atoms with E-state index in [2.05, 4.69) is 33.0 Å². The number of rotatable bonds is 8. The Labute approximate surface area is 182 Å². The fourth-order valence-electron chi connectivity index (χ4n) is 3.50. The molecule has 0 spiro atoms. The van der Waals surface area contributed by atoms with Crippen LogP contribution in [0.15, 0.2) is 60.2 Å². The summed E-state index contributed by atoms with van der Waals surface area (Å²) >= 11 is 0. The predicted octanol–water partition coefficient (Wildman–Crippen LogP) is 2.69. The number of halogens is 1. The SMILES string of the molecule is C=CCc1cc(F)cc(/C=N/NC(=O)CN2CCN(Cc3ccc(C#N)cc3)CC2)c1. The standard InChI is InChI=1S/C24H26FN5O/c1-2-3-21-12-22(14-23(25)13-21)16-27-28-24(31)18-30-10-8-29(9-11-30)17-20-6-4-19(15-26)5-7-20/h2,4-7,12-14,16H,1,3,8-11,17-18H2,(H,28,31)/b27-16+. The Kier molecular flexibility index (Phi) is 8.05. The van der Waals surface area contributed by atoms with Gasteiger partial charge in [0.2, 0.25) is 0 Å². The number of hydrazone groups is 1. The van der Waals surface area contributed by atoms with Crippen molar-refractivity contribution in [1.29, 1.82) is 5.26 Å². The van der Waals surface area contributed by atoms with Gasteiger partial charge in [-0.3, -0.25) is 14.6 Å². The minimum absolute atomic E-state index is 0.195. The topological polar surface area (TPSA) is 71.7 Å². The van der Waals surface area contributed by atoms with Gasteiger partial charge in [-0.25, -0.2) is 9.82 Å². The molecule has 31 heavy (non-hydrogen) atoms. The summed E-state index contributed by atoms with van der Waals surface area (Å²) in [5.41, 5.74) is 5.75. The number of nitrogens with one attached hydrogen (secondary N) is 1. The van der Waals surface area contributed by atoms with E-state index >= 15 is 0 Å². The number of carbonyl (C=O) groups is 1. The van der Waals surface area contributed by atoms with E-state index in [4.69, 9.17) is 5.26 Å². The molecule has 0 aromatic heterocycles. The smallest absolute Gasteiger partial charge is 0.254 e. The highest BCUT2D eigenvalue weighted by atomic mass is 19.1. The van der Waals surface area contributed by atoms with E-state index in [-0.39, 0.29) is 18.3 Å². The first-order valence-corrected chi connectivity index (χ1v) is 10.2. The maximum atomic E-state index is 13.6. The van der Waals surface area contributed by atoms with Crippen molar-refractivity contribution in [1.82, 2.24) is 15.2 Å². The molecule has 3 rings (SSSR count). The van der Waals surface area contributed by atoms with Gasteiger partial charge in [0.05, 0.1) is 24.4 Å². The minimum Gasteiger partial charge on any atom is -0.297 e. The van der Waals surface area contributed by atoms with E-state index in [1.807, 2.05) is 30.3 Å². The van der Waals surface area contributed by atoms with Gasteiger partial charge in [0, 0.05) is 32.7 Å². The van der Waals surface area contributed by atoms with Crippen LogP contribution < -0.4 is 5.43 Å². The Hall–Kier alpha value is -3.34. The molecule has 0 aliphatic carbocycles. The first kappa shape index (κ1) is 22.3. The molecule has 0 atom stereocenters. The maximum Gasteiger partial charge on any atom is 0.254 e.